The smallest absolute Gasteiger partial charge is 0.0279 e. The fourth-order valence-electron chi connectivity index (χ4n) is 0.236. The second-order valence-corrected chi connectivity index (χ2v) is 2.70. The Morgan fingerprint density at radius 2 is 2.00 bits per heavy atom. The van der Waals surface area contributed by atoms with Crippen LogP contribution >= 0.6 is 11.6 Å². The molecule has 0 amide bonds. The molecule has 1 N–H and O–H groups in total. The number of halogens is 1. The molecule has 0 atom stereocenters. The average Bonchev–Trinajstić information content (AvgIpc) is 1.30. The van der Waals surface area contributed by atoms with Crippen LogP contribution in [0.4, 0.5) is 0 Å². The summed E-state index contributed by atoms with van der Waals surface area (Å²) in [5.74, 6) is 0.594. The van der Waals surface area contributed by atoms with Gasteiger partial charge in [0, 0.05) is 11.4 Å². The molecule has 0 saturated heterocycles. The molecule has 0 saturated carbocycles. The molecule has 0 heterocycles. The third kappa shape index (κ3) is 6.25. The van der Waals surface area contributed by atoms with Crippen molar-refractivity contribution in [3.63, 3.8) is 0 Å². The molecule has 43 valence electrons. The van der Waals surface area contributed by atoms with Crippen LogP contribution in [-0.4, -0.2) is 11.4 Å². The predicted octanol–water partition coefficient (Wildman–Crippen LogP) is 1.68. The van der Waals surface area contributed by atoms with E-state index in [1.165, 1.54) is 0 Å². The SMILES string of the molecule is CC(C)([NH])CCCl. The first-order valence-electron chi connectivity index (χ1n) is 2.37. The van der Waals surface area contributed by atoms with Gasteiger partial charge in [0.1, 0.15) is 0 Å². The predicted molar refractivity (Wildman–Crippen MR) is 32.5 cm³/mol. The quantitative estimate of drug-likeness (QED) is 0.495. The molecule has 2 heteroatoms. The average molecular weight is 121 g/mol. The number of rotatable bonds is 2. The van der Waals surface area contributed by atoms with Gasteiger partial charge < -0.3 is 0 Å². The van der Waals surface area contributed by atoms with Crippen LogP contribution < -0.4 is 5.73 Å². The molecule has 0 fully saturated rings. The maximum Gasteiger partial charge on any atom is 0.0279 e. The van der Waals surface area contributed by atoms with E-state index in [0.29, 0.717) is 5.88 Å². The van der Waals surface area contributed by atoms with Crippen molar-refractivity contribution in [1.82, 2.24) is 5.73 Å². The number of hydrogen-bond donors (Lipinski definition) is 0. The standard InChI is InChI=1S/C5H11ClN/c1-5(2,7)3-4-6/h7H,3-4H2,1-2H3. The highest BCUT2D eigenvalue weighted by Gasteiger charge is 2.08. The maximum absolute atomic E-state index is 7.25. The van der Waals surface area contributed by atoms with Gasteiger partial charge in [0.25, 0.3) is 0 Å². The summed E-state index contributed by atoms with van der Waals surface area (Å²) in [5, 5.41) is 0. The normalized spacial score (nSPS) is 12.0. The third-order valence-corrected chi connectivity index (χ3v) is 0.908. The number of nitrogens with one attached hydrogen (secondary N) is 1. The fraction of sp³-hybridized carbons (Fsp3) is 1.00. The van der Waals surface area contributed by atoms with Gasteiger partial charge in [-0.15, -0.1) is 11.6 Å². The van der Waals surface area contributed by atoms with Gasteiger partial charge in [-0.2, -0.15) is 0 Å². The van der Waals surface area contributed by atoms with Crippen molar-refractivity contribution in [3.05, 3.63) is 0 Å². The van der Waals surface area contributed by atoms with Gasteiger partial charge in [0.15, 0.2) is 0 Å². The summed E-state index contributed by atoms with van der Waals surface area (Å²) in [6, 6.07) is 0. The highest BCUT2D eigenvalue weighted by atomic mass is 35.5. The third-order valence-electron chi connectivity index (χ3n) is 0.719. The van der Waals surface area contributed by atoms with Crippen LogP contribution in [0.15, 0.2) is 0 Å². The number of alkyl halides is 1. The van der Waals surface area contributed by atoms with Crippen LogP contribution in [0.1, 0.15) is 20.3 Å². The Hall–Kier alpha value is 0.250. The second kappa shape index (κ2) is 2.53. The summed E-state index contributed by atoms with van der Waals surface area (Å²) in [5.41, 5.74) is 6.92. The van der Waals surface area contributed by atoms with Crippen molar-refractivity contribution in [2.24, 2.45) is 0 Å². The molecule has 0 aromatic carbocycles. The Kier molecular flexibility index (Phi) is 2.62. The van der Waals surface area contributed by atoms with Gasteiger partial charge >= 0.3 is 0 Å². The van der Waals surface area contributed by atoms with E-state index < -0.39 is 0 Å². The van der Waals surface area contributed by atoms with Crippen molar-refractivity contribution in [2.45, 2.75) is 25.8 Å². The number of hydrogen-bond acceptors (Lipinski definition) is 0. The first-order chi connectivity index (χ1) is 3.06. The zero-order valence-electron chi connectivity index (χ0n) is 4.79. The zero-order valence-corrected chi connectivity index (χ0v) is 5.55. The molecule has 0 spiro atoms. The van der Waals surface area contributed by atoms with E-state index in [-0.39, 0.29) is 5.54 Å². The minimum Gasteiger partial charge on any atom is -0.252 e. The minimum atomic E-state index is -0.332. The van der Waals surface area contributed by atoms with E-state index in [9.17, 15) is 0 Å². The molecule has 1 nitrogen and oxygen atoms in total. The summed E-state index contributed by atoms with van der Waals surface area (Å²) >= 11 is 5.37. The van der Waals surface area contributed by atoms with Crippen LogP contribution in [0.3, 0.4) is 0 Å². The van der Waals surface area contributed by atoms with Gasteiger partial charge in [-0.25, -0.2) is 0 Å². The van der Waals surface area contributed by atoms with Gasteiger partial charge in [0.2, 0.25) is 0 Å². The first-order valence-corrected chi connectivity index (χ1v) is 2.91. The minimum absolute atomic E-state index is 0.332. The molecule has 0 rings (SSSR count). The Labute approximate surface area is 49.8 Å². The summed E-state index contributed by atoms with van der Waals surface area (Å²) in [6.07, 6.45) is 0.772. The Balaban J connectivity index is 3.15. The van der Waals surface area contributed by atoms with E-state index in [1.54, 1.807) is 0 Å². The maximum atomic E-state index is 7.25. The molecular formula is C5H11ClN. The highest BCUT2D eigenvalue weighted by molar-refractivity contribution is 6.17. The van der Waals surface area contributed by atoms with Crippen molar-refractivity contribution in [3.8, 4) is 0 Å². The van der Waals surface area contributed by atoms with Crippen molar-refractivity contribution < 1.29 is 0 Å². The molecule has 0 bridgehead atoms. The molecule has 7 heavy (non-hydrogen) atoms. The molecule has 0 aromatic heterocycles. The summed E-state index contributed by atoms with van der Waals surface area (Å²) in [6.45, 7) is 3.71. The van der Waals surface area contributed by atoms with Crippen LogP contribution in [0.25, 0.3) is 0 Å². The lowest BCUT2D eigenvalue weighted by molar-refractivity contribution is 0.486. The van der Waals surface area contributed by atoms with E-state index in [0.717, 1.165) is 6.42 Å². The van der Waals surface area contributed by atoms with Crippen LogP contribution in [0.2, 0.25) is 0 Å². The van der Waals surface area contributed by atoms with E-state index in [1.807, 2.05) is 13.8 Å². The van der Waals surface area contributed by atoms with Crippen molar-refractivity contribution in [1.29, 1.82) is 0 Å². The van der Waals surface area contributed by atoms with Crippen LogP contribution in [0, 0.1) is 0 Å². The monoisotopic (exact) mass is 120 g/mol. The molecule has 0 unspecified atom stereocenters. The largest absolute Gasteiger partial charge is 0.252 e. The van der Waals surface area contributed by atoms with Gasteiger partial charge in [-0.3, -0.25) is 5.73 Å². The molecule has 0 aliphatic rings. The topological polar surface area (TPSA) is 23.8 Å². The lowest BCUT2D eigenvalue weighted by atomic mass is 10.0. The van der Waals surface area contributed by atoms with Gasteiger partial charge in [-0.05, 0) is 20.3 Å². The molecule has 1 radical (unpaired) electrons. The molecule has 0 aliphatic heterocycles. The Morgan fingerprint density at radius 3 is 2.00 bits per heavy atom. The Morgan fingerprint density at radius 1 is 1.57 bits per heavy atom. The highest BCUT2D eigenvalue weighted by Crippen LogP contribution is 2.05. The fourth-order valence-corrected chi connectivity index (χ4v) is 0.709. The van der Waals surface area contributed by atoms with Crippen molar-refractivity contribution >= 4 is 11.6 Å². The van der Waals surface area contributed by atoms with Crippen LogP contribution in [-0.2, 0) is 0 Å². The Bertz CT molecular complexity index is 46.5. The molecular weight excluding hydrogens is 110 g/mol. The van der Waals surface area contributed by atoms with E-state index in [2.05, 4.69) is 0 Å². The molecule has 0 aliphatic carbocycles. The summed E-state index contributed by atoms with van der Waals surface area (Å²) in [7, 11) is 0. The van der Waals surface area contributed by atoms with Crippen molar-refractivity contribution in [2.75, 3.05) is 5.88 Å². The van der Waals surface area contributed by atoms with Gasteiger partial charge in [-0.1, -0.05) is 0 Å². The lowest BCUT2D eigenvalue weighted by Gasteiger charge is -2.13. The second-order valence-electron chi connectivity index (χ2n) is 2.32. The first kappa shape index (κ1) is 7.25. The summed E-state index contributed by atoms with van der Waals surface area (Å²) in [4.78, 5) is 0. The zero-order chi connectivity index (χ0) is 5.91. The van der Waals surface area contributed by atoms with E-state index in [4.69, 9.17) is 17.3 Å². The van der Waals surface area contributed by atoms with Gasteiger partial charge in [0.05, 0.1) is 0 Å². The molecule has 0 aromatic rings. The lowest BCUT2D eigenvalue weighted by Crippen LogP contribution is -2.21. The van der Waals surface area contributed by atoms with E-state index >= 15 is 0 Å². The summed E-state index contributed by atoms with van der Waals surface area (Å²) < 4.78 is 0. The van der Waals surface area contributed by atoms with Crippen LogP contribution in [0.5, 0.6) is 0 Å².